The summed E-state index contributed by atoms with van der Waals surface area (Å²) < 4.78 is 5.84. The van der Waals surface area contributed by atoms with Crippen molar-refractivity contribution in [1.29, 1.82) is 0 Å². The molecule has 4 rings (SSSR count). The van der Waals surface area contributed by atoms with Gasteiger partial charge in [0.1, 0.15) is 18.5 Å². The maximum atomic E-state index is 10.4. The predicted molar refractivity (Wildman–Crippen MR) is 110 cm³/mol. The Morgan fingerprint density at radius 3 is 2.57 bits per heavy atom. The first-order valence-corrected chi connectivity index (χ1v) is 10.2. The normalized spacial score (nSPS) is 17.7. The number of β-amino-alcohol motifs (C(OH)–C–C–N with tert-alkyl or cyclic N) is 1. The zero-order valence-corrected chi connectivity index (χ0v) is 17.5. The van der Waals surface area contributed by atoms with Crippen molar-refractivity contribution in [3.05, 3.63) is 58.6 Å². The second-order valence-electron chi connectivity index (χ2n) is 7.52. The van der Waals surface area contributed by atoms with Gasteiger partial charge < -0.3 is 27.2 Å². The Labute approximate surface area is 178 Å². The van der Waals surface area contributed by atoms with Crippen molar-refractivity contribution in [3.63, 3.8) is 0 Å². The number of fused-ring (bicyclic) bond motifs is 1. The van der Waals surface area contributed by atoms with Crippen LogP contribution in [0.2, 0.25) is 5.02 Å². The molecule has 1 aliphatic carbocycles. The largest absolute Gasteiger partial charge is 1.00 e. The van der Waals surface area contributed by atoms with Crippen molar-refractivity contribution in [2.45, 2.75) is 25.4 Å². The van der Waals surface area contributed by atoms with Crippen LogP contribution in [0.25, 0.3) is 0 Å². The molecular formula is C22H27Cl2N2O2-. The zero-order valence-electron chi connectivity index (χ0n) is 16.0. The summed E-state index contributed by atoms with van der Waals surface area (Å²) in [5.41, 5.74) is 4.02. The number of rotatable bonds is 6. The Morgan fingerprint density at radius 2 is 1.79 bits per heavy atom. The van der Waals surface area contributed by atoms with E-state index in [0.717, 1.165) is 43.4 Å². The fourth-order valence-electron chi connectivity index (χ4n) is 4.04. The second-order valence-corrected chi connectivity index (χ2v) is 7.95. The number of hydrogen-bond donors (Lipinski definition) is 1. The minimum atomic E-state index is -0.476. The highest BCUT2D eigenvalue weighted by Crippen LogP contribution is 2.26. The van der Waals surface area contributed by atoms with E-state index in [9.17, 15) is 5.11 Å². The summed E-state index contributed by atoms with van der Waals surface area (Å²) in [7, 11) is 0. The zero-order chi connectivity index (χ0) is 18.6. The molecule has 1 fully saturated rings. The third-order valence-corrected chi connectivity index (χ3v) is 5.76. The molecule has 1 unspecified atom stereocenters. The lowest BCUT2D eigenvalue weighted by Crippen LogP contribution is -3.00. The van der Waals surface area contributed by atoms with Gasteiger partial charge in [-0.25, -0.2) is 0 Å². The van der Waals surface area contributed by atoms with Crippen LogP contribution < -0.4 is 22.0 Å². The lowest BCUT2D eigenvalue weighted by molar-refractivity contribution is -0.00000761. The van der Waals surface area contributed by atoms with E-state index in [0.29, 0.717) is 13.2 Å². The van der Waals surface area contributed by atoms with Crippen molar-refractivity contribution in [3.8, 4) is 5.75 Å². The van der Waals surface area contributed by atoms with Gasteiger partial charge in [-0.3, -0.25) is 4.90 Å². The molecule has 0 spiro atoms. The number of anilines is 1. The van der Waals surface area contributed by atoms with E-state index in [4.69, 9.17) is 16.3 Å². The molecule has 1 heterocycles. The number of aryl methyl sites for hydroxylation is 2. The van der Waals surface area contributed by atoms with Gasteiger partial charge in [0.15, 0.2) is 0 Å². The molecule has 1 saturated heterocycles. The van der Waals surface area contributed by atoms with Crippen molar-refractivity contribution >= 4 is 17.3 Å². The molecular weight excluding hydrogens is 395 g/mol. The van der Waals surface area contributed by atoms with Gasteiger partial charge in [-0.1, -0.05) is 23.7 Å². The fraction of sp³-hybridized carbons (Fsp3) is 0.455. The van der Waals surface area contributed by atoms with E-state index in [-0.39, 0.29) is 12.4 Å². The molecule has 1 atom stereocenters. The number of aliphatic hydroxyl groups is 1. The van der Waals surface area contributed by atoms with Crippen molar-refractivity contribution in [2.75, 3.05) is 44.2 Å². The SMILES string of the molecule is OC(COc1ccc2c(c1)CCC2)CN1CCN(c2cccc(Cl)c2)CC1.[Cl-]. The highest BCUT2D eigenvalue weighted by Gasteiger charge is 2.20. The second kappa shape index (κ2) is 9.84. The van der Waals surface area contributed by atoms with Gasteiger partial charge >= 0.3 is 0 Å². The minimum absolute atomic E-state index is 0. The average molecular weight is 422 g/mol. The van der Waals surface area contributed by atoms with Gasteiger partial charge in [-0.15, -0.1) is 0 Å². The first-order chi connectivity index (χ1) is 13.2. The Kier molecular flexibility index (Phi) is 7.47. The molecule has 1 aliphatic heterocycles. The highest BCUT2D eigenvalue weighted by atomic mass is 35.5. The summed E-state index contributed by atoms with van der Waals surface area (Å²) in [6.45, 7) is 4.74. The smallest absolute Gasteiger partial charge is 0.119 e. The van der Waals surface area contributed by atoms with Crippen molar-refractivity contribution in [2.24, 2.45) is 0 Å². The molecule has 2 aromatic rings. The average Bonchev–Trinajstić information content (AvgIpc) is 3.15. The molecule has 0 radical (unpaired) electrons. The van der Waals surface area contributed by atoms with Gasteiger partial charge in [0, 0.05) is 43.4 Å². The molecule has 1 N–H and O–H groups in total. The van der Waals surface area contributed by atoms with Gasteiger partial charge in [0.25, 0.3) is 0 Å². The summed E-state index contributed by atoms with van der Waals surface area (Å²) in [6.07, 6.45) is 3.09. The van der Waals surface area contributed by atoms with E-state index < -0.39 is 6.10 Å². The van der Waals surface area contributed by atoms with Crippen LogP contribution in [0.4, 0.5) is 5.69 Å². The third-order valence-electron chi connectivity index (χ3n) is 5.53. The summed E-state index contributed by atoms with van der Waals surface area (Å²) in [4.78, 5) is 4.65. The van der Waals surface area contributed by atoms with Crippen molar-refractivity contribution < 1.29 is 22.3 Å². The number of benzene rings is 2. The number of halogens is 2. The van der Waals surface area contributed by atoms with E-state index in [2.05, 4.69) is 28.0 Å². The summed E-state index contributed by atoms with van der Waals surface area (Å²) >= 11 is 6.09. The van der Waals surface area contributed by atoms with Crippen LogP contribution in [-0.2, 0) is 12.8 Å². The fourth-order valence-corrected chi connectivity index (χ4v) is 4.23. The predicted octanol–water partition coefficient (Wildman–Crippen LogP) is 0.395. The van der Waals surface area contributed by atoms with Crippen LogP contribution in [0.15, 0.2) is 42.5 Å². The Balaban J connectivity index is 0.00000225. The quantitative estimate of drug-likeness (QED) is 0.731. The Hall–Kier alpha value is -1.46. The van der Waals surface area contributed by atoms with E-state index >= 15 is 0 Å². The topological polar surface area (TPSA) is 35.9 Å². The number of nitrogens with zero attached hydrogens (tertiary/aromatic N) is 2. The van der Waals surface area contributed by atoms with Crippen LogP contribution in [0.1, 0.15) is 17.5 Å². The highest BCUT2D eigenvalue weighted by molar-refractivity contribution is 6.30. The number of aliphatic hydroxyl groups excluding tert-OH is 1. The molecule has 0 aromatic heterocycles. The maximum absolute atomic E-state index is 10.4. The molecule has 2 aliphatic rings. The Morgan fingerprint density at radius 1 is 1.00 bits per heavy atom. The van der Waals surface area contributed by atoms with Crippen LogP contribution >= 0.6 is 11.6 Å². The molecule has 4 nitrogen and oxygen atoms in total. The van der Waals surface area contributed by atoms with Crippen LogP contribution in [0.3, 0.4) is 0 Å². The van der Waals surface area contributed by atoms with Gasteiger partial charge in [-0.2, -0.15) is 0 Å². The van der Waals surface area contributed by atoms with Gasteiger partial charge in [-0.05, 0) is 60.7 Å². The lowest BCUT2D eigenvalue weighted by Gasteiger charge is -2.36. The van der Waals surface area contributed by atoms with E-state index in [1.807, 2.05) is 24.3 Å². The molecule has 0 saturated carbocycles. The number of piperazine rings is 1. The molecule has 0 bridgehead atoms. The maximum Gasteiger partial charge on any atom is 0.119 e. The minimum Gasteiger partial charge on any atom is -1.00 e. The summed E-state index contributed by atoms with van der Waals surface area (Å²) in [6, 6.07) is 14.3. The summed E-state index contributed by atoms with van der Waals surface area (Å²) in [5.74, 6) is 0.875. The molecule has 28 heavy (non-hydrogen) atoms. The van der Waals surface area contributed by atoms with Crippen LogP contribution in [-0.4, -0.2) is 55.4 Å². The van der Waals surface area contributed by atoms with Gasteiger partial charge in [0.2, 0.25) is 0 Å². The molecule has 0 amide bonds. The first-order valence-electron chi connectivity index (χ1n) is 9.83. The van der Waals surface area contributed by atoms with Crippen molar-refractivity contribution in [1.82, 2.24) is 4.90 Å². The molecule has 2 aromatic carbocycles. The number of hydrogen-bond acceptors (Lipinski definition) is 4. The monoisotopic (exact) mass is 421 g/mol. The standard InChI is InChI=1S/C22H27ClN2O2.ClH/c23-19-5-2-6-20(14-19)25-11-9-24(10-12-25)15-21(26)16-27-22-8-7-17-3-1-4-18(17)13-22;/h2,5-8,13-14,21,26H,1,3-4,9-12,15-16H2;1H/p-1. The lowest BCUT2D eigenvalue weighted by atomic mass is 10.1. The molecule has 6 heteroatoms. The van der Waals surface area contributed by atoms with Gasteiger partial charge in [0.05, 0.1) is 0 Å². The van der Waals surface area contributed by atoms with Crippen LogP contribution in [0, 0.1) is 0 Å². The molecule has 152 valence electrons. The van der Waals surface area contributed by atoms with E-state index in [1.54, 1.807) is 0 Å². The Bertz CT molecular complexity index is 779. The summed E-state index contributed by atoms with van der Waals surface area (Å²) in [5, 5.41) is 11.2. The number of ether oxygens (including phenoxy) is 1. The van der Waals surface area contributed by atoms with E-state index in [1.165, 1.54) is 29.7 Å². The third kappa shape index (κ3) is 5.32. The first kappa shape index (κ1) is 21.3. The van der Waals surface area contributed by atoms with Crippen LogP contribution in [0.5, 0.6) is 5.75 Å².